The molecule has 3 heterocycles. The number of carbonyl (C=O) groups excluding carboxylic acids is 2. The number of aryl methyl sites for hydroxylation is 2. The van der Waals surface area contributed by atoms with Gasteiger partial charge in [-0.05, 0) is 26.0 Å². The number of aromatic nitrogens is 3. The minimum Gasteiger partial charge on any atom is -0.489 e. The van der Waals surface area contributed by atoms with E-state index in [-0.39, 0.29) is 48.3 Å². The number of carbonyl (C=O) groups is 2. The highest BCUT2D eigenvalue weighted by molar-refractivity contribution is 6.31. The second-order valence-corrected chi connectivity index (χ2v) is 9.39. The van der Waals surface area contributed by atoms with Crippen molar-refractivity contribution in [2.75, 3.05) is 6.61 Å². The lowest BCUT2D eigenvalue weighted by atomic mass is 9.89. The first-order valence-electron chi connectivity index (χ1n) is 11.4. The molecule has 0 unspecified atom stereocenters. The molecule has 9 nitrogen and oxygen atoms in total. The molecule has 3 aromatic rings. The van der Waals surface area contributed by atoms with E-state index in [4.69, 9.17) is 21.4 Å². The van der Waals surface area contributed by atoms with Crippen molar-refractivity contribution in [1.82, 2.24) is 24.8 Å². The van der Waals surface area contributed by atoms with Crippen LogP contribution in [0.4, 0.5) is 4.39 Å². The summed E-state index contributed by atoms with van der Waals surface area (Å²) in [6, 6.07) is 3.82. The van der Waals surface area contributed by atoms with E-state index in [0.717, 1.165) is 17.0 Å². The SMILES string of the molecule is Cc1nc2c3c(nn2c(C)c1Cl)CN(C(=O)c1ccc(F)cc1O[C@H]1C[C@@H](NC(=O)CCO)C1)C3. The monoisotopic (exact) mass is 501 g/mol. The predicted octanol–water partition coefficient (Wildman–Crippen LogP) is 2.70. The number of nitrogens with one attached hydrogen (secondary N) is 1. The van der Waals surface area contributed by atoms with Crippen LogP contribution in [0.15, 0.2) is 18.2 Å². The Bertz CT molecular complexity index is 1340. The summed E-state index contributed by atoms with van der Waals surface area (Å²) in [5, 5.41) is 16.8. The van der Waals surface area contributed by atoms with E-state index in [1.54, 1.807) is 9.42 Å². The van der Waals surface area contributed by atoms with Crippen LogP contribution in [0.25, 0.3) is 5.65 Å². The lowest BCUT2D eigenvalue weighted by Crippen LogP contribution is -2.49. The van der Waals surface area contributed by atoms with Gasteiger partial charge < -0.3 is 20.1 Å². The molecule has 0 radical (unpaired) electrons. The van der Waals surface area contributed by atoms with Gasteiger partial charge in [0.1, 0.15) is 17.7 Å². The number of nitrogens with zero attached hydrogens (tertiary/aromatic N) is 4. The van der Waals surface area contributed by atoms with E-state index in [2.05, 4.69) is 15.4 Å². The maximum absolute atomic E-state index is 14.0. The molecule has 5 rings (SSSR count). The van der Waals surface area contributed by atoms with E-state index in [1.165, 1.54) is 18.2 Å². The summed E-state index contributed by atoms with van der Waals surface area (Å²) in [6.07, 6.45) is 0.888. The summed E-state index contributed by atoms with van der Waals surface area (Å²) in [5.74, 6) is -0.835. The fourth-order valence-electron chi connectivity index (χ4n) is 4.56. The second kappa shape index (κ2) is 9.09. The van der Waals surface area contributed by atoms with Crippen LogP contribution in [-0.4, -0.2) is 55.2 Å². The highest BCUT2D eigenvalue weighted by Crippen LogP contribution is 2.33. The van der Waals surface area contributed by atoms with Gasteiger partial charge in [0.15, 0.2) is 5.65 Å². The van der Waals surface area contributed by atoms with Crippen molar-refractivity contribution >= 4 is 29.1 Å². The average Bonchev–Trinajstić information content (AvgIpc) is 3.35. The molecule has 1 saturated carbocycles. The Kier molecular flexibility index (Phi) is 6.10. The van der Waals surface area contributed by atoms with E-state index in [9.17, 15) is 14.0 Å². The largest absolute Gasteiger partial charge is 0.489 e. The summed E-state index contributed by atoms with van der Waals surface area (Å²) in [5.41, 5.74) is 4.05. The maximum atomic E-state index is 14.0. The molecule has 11 heteroatoms. The van der Waals surface area contributed by atoms with Crippen LogP contribution >= 0.6 is 11.6 Å². The molecule has 1 aromatic carbocycles. The third-order valence-electron chi connectivity index (χ3n) is 6.51. The van der Waals surface area contributed by atoms with Gasteiger partial charge in [-0.25, -0.2) is 13.9 Å². The molecule has 35 heavy (non-hydrogen) atoms. The number of benzene rings is 1. The van der Waals surface area contributed by atoms with Gasteiger partial charge in [-0.2, -0.15) is 5.10 Å². The Morgan fingerprint density at radius 1 is 1.29 bits per heavy atom. The van der Waals surface area contributed by atoms with Crippen molar-refractivity contribution in [3.05, 3.63) is 57.2 Å². The number of aliphatic hydroxyl groups excluding tert-OH is 1. The van der Waals surface area contributed by atoms with Crippen LogP contribution in [-0.2, 0) is 17.9 Å². The minimum absolute atomic E-state index is 0.0510. The number of rotatable bonds is 6. The predicted molar refractivity (Wildman–Crippen MR) is 125 cm³/mol. The number of aliphatic hydroxyl groups is 1. The highest BCUT2D eigenvalue weighted by atomic mass is 35.5. The van der Waals surface area contributed by atoms with Gasteiger partial charge in [0.2, 0.25) is 5.91 Å². The third kappa shape index (κ3) is 4.32. The number of hydrogen-bond acceptors (Lipinski definition) is 6. The van der Waals surface area contributed by atoms with Gasteiger partial charge >= 0.3 is 0 Å². The zero-order valence-electron chi connectivity index (χ0n) is 19.3. The topological polar surface area (TPSA) is 109 Å². The fraction of sp³-hybridized carbons (Fsp3) is 0.417. The Hall–Kier alpha value is -3.24. The van der Waals surface area contributed by atoms with Gasteiger partial charge in [-0.1, -0.05) is 11.6 Å². The number of amides is 2. The molecule has 2 aliphatic rings. The smallest absolute Gasteiger partial charge is 0.258 e. The van der Waals surface area contributed by atoms with E-state index >= 15 is 0 Å². The van der Waals surface area contributed by atoms with Gasteiger partial charge in [0.05, 0.1) is 47.4 Å². The summed E-state index contributed by atoms with van der Waals surface area (Å²) in [6.45, 7) is 4.12. The van der Waals surface area contributed by atoms with E-state index < -0.39 is 5.82 Å². The standard InChI is InChI=1S/C24H25ClFN5O4/c1-12-22(25)13(2)31-23(27-12)18-10-30(11-19(18)29-31)24(34)17-4-3-14(26)7-20(17)35-16-8-15(9-16)28-21(33)5-6-32/h3-4,7,15-16,32H,5-6,8-11H2,1-2H3,(H,28,33)/t15-,16+. The van der Waals surface area contributed by atoms with Crippen LogP contribution in [0, 0.1) is 19.7 Å². The first-order chi connectivity index (χ1) is 16.7. The molecule has 2 aromatic heterocycles. The number of hydrogen-bond donors (Lipinski definition) is 2. The number of fused-ring (bicyclic) bond motifs is 3. The lowest BCUT2D eigenvalue weighted by molar-refractivity contribution is -0.123. The molecule has 1 aliphatic carbocycles. The highest BCUT2D eigenvalue weighted by Gasteiger charge is 2.35. The second-order valence-electron chi connectivity index (χ2n) is 9.01. The molecule has 2 N–H and O–H groups in total. The van der Waals surface area contributed by atoms with Crippen LogP contribution in [0.1, 0.15) is 52.3 Å². The summed E-state index contributed by atoms with van der Waals surface area (Å²) in [4.78, 5) is 31.2. The molecule has 1 aliphatic heterocycles. The maximum Gasteiger partial charge on any atom is 0.258 e. The normalized spacial score (nSPS) is 18.9. The molecule has 184 valence electrons. The number of ether oxygens (including phenoxy) is 1. The van der Waals surface area contributed by atoms with Gasteiger partial charge in [-0.3, -0.25) is 9.59 Å². The zero-order valence-corrected chi connectivity index (χ0v) is 20.1. The van der Waals surface area contributed by atoms with Crippen LogP contribution in [0.5, 0.6) is 5.75 Å². The van der Waals surface area contributed by atoms with Crippen molar-refractivity contribution in [3.8, 4) is 5.75 Å². The molecule has 0 atom stereocenters. The quantitative estimate of drug-likeness (QED) is 0.537. The molecule has 2 amide bonds. The molecular weight excluding hydrogens is 477 g/mol. The fourth-order valence-corrected chi connectivity index (χ4v) is 4.68. The van der Waals surface area contributed by atoms with E-state index in [1.807, 2.05) is 13.8 Å². The summed E-state index contributed by atoms with van der Waals surface area (Å²) >= 11 is 6.31. The molecule has 1 fully saturated rings. The minimum atomic E-state index is -0.502. The Morgan fingerprint density at radius 2 is 2.06 bits per heavy atom. The third-order valence-corrected chi connectivity index (χ3v) is 7.06. The van der Waals surface area contributed by atoms with Gasteiger partial charge in [0, 0.05) is 36.9 Å². The van der Waals surface area contributed by atoms with Gasteiger partial charge in [0.25, 0.3) is 5.91 Å². The number of halogens is 2. The first kappa shape index (κ1) is 23.5. The molecule has 0 bridgehead atoms. The Morgan fingerprint density at radius 3 is 2.80 bits per heavy atom. The summed E-state index contributed by atoms with van der Waals surface area (Å²) in [7, 11) is 0. The van der Waals surface area contributed by atoms with Crippen molar-refractivity contribution in [2.45, 2.75) is 58.3 Å². The first-order valence-corrected chi connectivity index (χ1v) is 11.8. The molecule has 0 spiro atoms. The van der Waals surface area contributed by atoms with Crippen molar-refractivity contribution in [2.24, 2.45) is 0 Å². The van der Waals surface area contributed by atoms with Crippen LogP contribution in [0.2, 0.25) is 5.02 Å². The average molecular weight is 502 g/mol. The van der Waals surface area contributed by atoms with Crippen molar-refractivity contribution in [3.63, 3.8) is 0 Å². The summed E-state index contributed by atoms with van der Waals surface area (Å²) < 4.78 is 21.7. The van der Waals surface area contributed by atoms with Crippen molar-refractivity contribution < 1.29 is 23.8 Å². The Balaban J connectivity index is 1.31. The van der Waals surface area contributed by atoms with Crippen LogP contribution < -0.4 is 10.1 Å². The molecule has 0 saturated heterocycles. The Labute approximate surface area is 205 Å². The van der Waals surface area contributed by atoms with Gasteiger partial charge in [-0.15, -0.1) is 0 Å². The van der Waals surface area contributed by atoms with Crippen molar-refractivity contribution in [1.29, 1.82) is 0 Å². The molecular formula is C24H25ClFN5O4. The zero-order chi connectivity index (χ0) is 24.9. The lowest BCUT2D eigenvalue weighted by Gasteiger charge is -2.36. The van der Waals surface area contributed by atoms with Crippen LogP contribution in [0.3, 0.4) is 0 Å². The van der Waals surface area contributed by atoms with E-state index in [0.29, 0.717) is 42.3 Å².